The highest BCUT2D eigenvalue weighted by molar-refractivity contribution is 9.11. The Morgan fingerprint density at radius 2 is 2.00 bits per heavy atom. The zero-order chi connectivity index (χ0) is 18.7. The van der Waals surface area contributed by atoms with Gasteiger partial charge in [0, 0.05) is 15.5 Å². The van der Waals surface area contributed by atoms with Gasteiger partial charge >= 0.3 is 0 Å². The van der Waals surface area contributed by atoms with Crippen LogP contribution in [-0.4, -0.2) is 21.2 Å². The largest absolute Gasteiger partial charge is 0.323 e. The number of allylic oxidation sites excluding steroid dienone is 1. The van der Waals surface area contributed by atoms with Gasteiger partial charge in [-0.05, 0) is 68.6 Å². The molecule has 3 aromatic rings. The lowest BCUT2D eigenvalue weighted by Crippen LogP contribution is -2.15. The Labute approximate surface area is 173 Å². The van der Waals surface area contributed by atoms with Crippen LogP contribution in [0.25, 0.3) is 11.0 Å². The van der Waals surface area contributed by atoms with E-state index in [1.54, 1.807) is 0 Å². The topological polar surface area (TPSA) is 46.9 Å². The number of fused-ring (bicyclic) bond motifs is 1. The van der Waals surface area contributed by atoms with Crippen LogP contribution in [0, 0.1) is 6.92 Å². The Balaban J connectivity index is 1.75. The second-order valence-electron chi connectivity index (χ2n) is 5.72. The fraction of sp³-hybridized carbons (Fsp3) is 0.158. The van der Waals surface area contributed by atoms with E-state index in [0.29, 0.717) is 6.54 Å². The summed E-state index contributed by atoms with van der Waals surface area (Å²) in [5.41, 5.74) is 3.80. The maximum absolute atomic E-state index is 12.4. The Hall–Kier alpha value is -1.57. The molecule has 134 valence electrons. The molecule has 0 aliphatic heterocycles. The molecule has 1 aromatic heterocycles. The summed E-state index contributed by atoms with van der Waals surface area (Å²) in [4.78, 5) is 17.1. The molecule has 0 fully saturated rings. The number of amides is 1. The minimum atomic E-state index is -0.0857. The molecule has 26 heavy (non-hydrogen) atoms. The van der Waals surface area contributed by atoms with Crippen molar-refractivity contribution < 1.29 is 4.79 Å². The third kappa shape index (κ3) is 4.22. The Bertz CT molecular complexity index is 961. The van der Waals surface area contributed by atoms with E-state index in [9.17, 15) is 4.79 Å². The van der Waals surface area contributed by atoms with Crippen LogP contribution in [-0.2, 0) is 11.3 Å². The van der Waals surface area contributed by atoms with E-state index in [-0.39, 0.29) is 11.7 Å². The van der Waals surface area contributed by atoms with Gasteiger partial charge in [-0.1, -0.05) is 30.0 Å². The number of rotatable bonds is 6. The minimum absolute atomic E-state index is 0.0857. The SMILES string of the molecule is C=CCn1c(SCC(=O)Nc2c(Br)cc(C)cc2Br)nc2ccccc21. The van der Waals surface area contributed by atoms with Crippen LogP contribution in [0.2, 0.25) is 0 Å². The number of nitrogens with zero attached hydrogens (tertiary/aromatic N) is 2. The first-order chi connectivity index (χ1) is 12.5. The van der Waals surface area contributed by atoms with Crippen LogP contribution in [0.4, 0.5) is 5.69 Å². The van der Waals surface area contributed by atoms with Crippen LogP contribution in [0.15, 0.2) is 63.2 Å². The number of para-hydroxylation sites is 2. The first-order valence-corrected chi connectivity index (χ1v) is 10.5. The van der Waals surface area contributed by atoms with Crippen molar-refractivity contribution in [2.24, 2.45) is 0 Å². The quantitative estimate of drug-likeness (QED) is 0.348. The molecule has 4 nitrogen and oxygen atoms in total. The van der Waals surface area contributed by atoms with Gasteiger partial charge in [-0.15, -0.1) is 6.58 Å². The Kier molecular flexibility index (Phi) is 6.21. The highest BCUT2D eigenvalue weighted by Gasteiger charge is 2.14. The highest BCUT2D eigenvalue weighted by atomic mass is 79.9. The molecule has 2 aromatic carbocycles. The molecular weight excluding hydrogens is 478 g/mol. The molecule has 0 radical (unpaired) electrons. The van der Waals surface area contributed by atoms with Gasteiger partial charge in [-0.25, -0.2) is 4.98 Å². The summed E-state index contributed by atoms with van der Waals surface area (Å²) in [6.45, 7) is 6.47. The average Bonchev–Trinajstić information content (AvgIpc) is 2.94. The van der Waals surface area contributed by atoms with Gasteiger partial charge in [0.1, 0.15) is 0 Å². The lowest BCUT2D eigenvalue weighted by atomic mass is 10.2. The van der Waals surface area contributed by atoms with Gasteiger partial charge in [0.15, 0.2) is 5.16 Å². The monoisotopic (exact) mass is 493 g/mol. The van der Waals surface area contributed by atoms with Crippen LogP contribution in [0.3, 0.4) is 0 Å². The molecular formula is C19H17Br2N3OS. The molecule has 1 amide bonds. The number of anilines is 1. The summed E-state index contributed by atoms with van der Waals surface area (Å²) in [6, 6.07) is 11.9. The van der Waals surface area contributed by atoms with Gasteiger partial charge < -0.3 is 9.88 Å². The average molecular weight is 495 g/mol. The van der Waals surface area contributed by atoms with Crippen molar-refractivity contribution in [2.45, 2.75) is 18.6 Å². The lowest BCUT2D eigenvalue weighted by Gasteiger charge is -2.11. The molecule has 0 bridgehead atoms. The second kappa shape index (κ2) is 8.41. The smallest absolute Gasteiger partial charge is 0.234 e. The van der Waals surface area contributed by atoms with E-state index in [2.05, 4.69) is 53.3 Å². The van der Waals surface area contributed by atoms with Crippen LogP contribution < -0.4 is 5.32 Å². The molecule has 0 aliphatic rings. The first-order valence-electron chi connectivity index (χ1n) is 7.94. The summed E-state index contributed by atoms with van der Waals surface area (Å²) in [6.07, 6.45) is 1.83. The number of halogens is 2. The number of aromatic nitrogens is 2. The zero-order valence-corrected chi connectivity index (χ0v) is 18.1. The van der Waals surface area contributed by atoms with Crippen molar-refractivity contribution in [3.63, 3.8) is 0 Å². The first kappa shape index (κ1) is 19.2. The van der Waals surface area contributed by atoms with Gasteiger partial charge in [-0.3, -0.25) is 4.79 Å². The van der Waals surface area contributed by atoms with Crippen molar-refractivity contribution in [3.05, 3.63) is 63.6 Å². The van der Waals surface area contributed by atoms with Crippen molar-refractivity contribution in [2.75, 3.05) is 11.1 Å². The van der Waals surface area contributed by atoms with E-state index < -0.39 is 0 Å². The molecule has 0 unspecified atom stereocenters. The number of nitrogens with one attached hydrogen (secondary N) is 1. The molecule has 0 saturated heterocycles. The summed E-state index contributed by atoms with van der Waals surface area (Å²) in [5, 5.41) is 3.76. The maximum Gasteiger partial charge on any atom is 0.234 e. The summed E-state index contributed by atoms with van der Waals surface area (Å²) < 4.78 is 3.76. The summed E-state index contributed by atoms with van der Waals surface area (Å²) >= 11 is 8.41. The highest BCUT2D eigenvalue weighted by Crippen LogP contribution is 2.32. The molecule has 0 spiro atoms. The third-order valence-electron chi connectivity index (χ3n) is 3.71. The van der Waals surface area contributed by atoms with Crippen LogP contribution in [0.5, 0.6) is 0 Å². The van der Waals surface area contributed by atoms with Gasteiger partial charge in [0.25, 0.3) is 0 Å². The summed E-state index contributed by atoms with van der Waals surface area (Å²) in [5.74, 6) is 0.185. The Morgan fingerprint density at radius 1 is 1.31 bits per heavy atom. The number of hydrogen-bond acceptors (Lipinski definition) is 3. The van der Waals surface area contributed by atoms with Crippen LogP contribution in [0.1, 0.15) is 5.56 Å². The Morgan fingerprint density at radius 3 is 2.69 bits per heavy atom. The molecule has 1 heterocycles. The zero-order valence-electron chi connectivity index (χ0n) is 14.1. The molecule has 0 atom stereocenters. The molecule has 0 aliphatic carbocycles. The molecule has 7 heteroatoms. The fourth-order valence-electron chi connectivity index (χ4n) is 2.59. The van der Waals surface area contributed by atoms with Gasteiger partial charge in [-0.2, -0.15) is 0 Å². The number of carbonyl (C=O) groups excluding carboxylic acids is 1. The van der Waals surface area contributed by atoms with E-state index in [1.165, 1.54) is 11.8 Å². The molecule has 3 rings (SSSR count). The number of hydrogen-bond donors (Lipinski definition) is 1. The predicted molar refractivity (Wildman–Crippen MR) is 116 cm³/mol. The number of benzene rings is 2. The summed E-state index contributed by atoms with van der Waals surface area (Å²) in [7, 11) is 0. The lowest BCUT2D eigenvalue weighted by molar-refractivity contribution is -0.113. The predicted octanol–water partition coefficient (Wildman–Crippen LogP) is 5.79. The maximum atomic E-state index is 12.4. The van der Waals surface area contributed by atoms with E-state index in [0.717, 1.165) is 36.4 Å². The fourth-order valence-corrected chi connectivity index (χ4v) is 5.03. The van der Waals surface area contributed by atoms with Gasteiger partial charge in [0.2, 0.25) is 5.91 Å². The van der Waals surface area contributed by atoms with Crippen molar-refractivity contribution >= 4 is 66.2 Å². The number of aryl methyl sites for hydroxylation is 1. The second-order valence-corrected chi connectivity index (χ2v) is 8.37. The molecule has 0 saturated carbocycles. The number of imidazole rings is 1. The van der Waals surface area contributed by atoms with E-state index >= 15 is 0 Å². The molecule has 1 N–H and O–H groups in total. The van der Waals surface area contributed by atoms with Crippen molar-refractivity contribution in [3.8, 4) is 0 Å². The number of thioether (sulfide) groups is 1. The third-order valence-corrected chi connectivity index (χ3v) is 5.94. The van der Waals surface area contributed by atoms with Crippen molar-refractivity contribution in [1.29, 1.82) is 0 Å². The van der Waals surface area contributed by atoms with Crippen LogP contribution >= 0.6 is 43.6 Å². The number of carbonyl (C=O) groups is 1. The standard InChI is InChI=1S/C19H17Br2N3OS/c1-3-8-24-16-7-5-4-6-15(16)22-19(24)26-11-17(25)23-18-13(20)9-12(2)10-14(18)21/h3-7,9-10H,1,8,11H2,2H3,(H,23,25). The van der Waals surface area contributed by atoms with E-state index in [4.69, 9.17) is 0 Å². The van der Waals surface area contributed by atoms with Crippen molar-refractivity contribution in [1.82, 2.24) is 9.55 Å². The van der Waals surface area contributed by atoms with Gasteiger partial charge in [0.05, 0.1) is 22.5 Å². The van der Waals surface area contributed by atoms with E-state index in [1.807, 2.05) is 49.4 Å². The normalized spacial score (nSPS) is 10.9. The minimum Gasteiger partial charge on any atom is -0.323 e.